The molecule has 3 rings (SSSR count). The summed E-state index contributed by atoms with van der Waals surface area (Å²) in [5, 5.41) is 5.58. The van der Waals surface area contributed by atoms with Gasteiger partial charge < -0.3 is 29.6 Å². The van der Waals surface area contributed by atoms with Crippen molar-refractivity contribution in [2.24, 2.45) is 0 Å². The molecule has 2 amide bonds. The Kier molecular flexibility index (Phi) is 9.32. The van der Waals surface area contributed by atoms with Crippen molar-refractivity contribution in [1.82, 2.24) is 10.6 Å². The number of amides is 2. The second-order valence-electron chi connectivity index (χ2n) is 8.23. The first-order valence-electron chi connectivity index (χ1n) is 11.8. The molecule has 37 heavy (non-hydrogen) atoms. The third kappa shape index (κ3) is 6.11. The molecular formula is C28H32N2O7. The number of rotatable bonds is 9. The Bertz CT molecular complexity index is 1230. The zero-order valence-electron chi connectivity index (χ0n) is 21.7. The number of allylic oxidation sites excluding steroid dienone is 3. The molecular weight excluding hydrogens is 476 g/mol. The van der Waals surface area contributed by atoms with Gasteiger partial charge in [0.25, 0.3) is 0 Å². The van der Waals surface area contributed by atoms with Gasteiger partial charge in [0.05, 0.1) is 46.6 Å². The predicted octanol–water partition coefficient (Wildman–Crippen LogP) is 3.52. The molecule has 9 nitrogen and oxygen atoms in total. The Morgan fingerprint density at radius 3 is 2.41 bits per heavy atom. The molecule has 1 aliphatic rings. The number of aryl methyl sites for hydroxylation is 1. The maximum atomic E-state index is 12.8. The summed E-state index contributed by atoms with van der Waals surface area (Å²) in [5.74, 6) is 0.247. The second-order valence-corrected chi connectivity index (χ2v) is 8.23. The smallest absolute Gasteiger partial charge is 0.337 e. The summed E-state index contributed by atoms with van der Waals surface area (Å²) in [6.07, 6.45) is 7.57. The Morgan fingerprint density at radius 2 is 1.76 bits per heavy atom. The highest BCUT2D eigenvalue weighted by atomic mass is 16.5. The Balaban J connectivity index is 2.02. The summed E-state index contributed by atoms with van der Waals surface area (Å²) >= 11 is 0. The summed E-state index contributed by atoms with van der Waals surface area (Å²) in [4.78, 5) is 37.1. The fraction of sp³-hybridized carbons (Fsp3) is 0.321. The molecule has 0 aliphatic heterocycles. The normalized spacial score (nSPS) is 14.4. The van der Waals surface area contributed by atoms with E-state index in [0.717, 1.165) is 22.3 Å². The van der Waals surface area contributed by atoms with Crippen molar-refractivity contribution in [3.05, 3.63) is 65.3 Å². The lowest BCUT2D eigenvalue weighted by atomic mass is 9.92. The average molecular weight is 509 g/mol. The van der Waals surface area contributed by atoms with Gasteiger partial charge in [0.2, 0.25) is 17.6 Å². The van der Waals surface area contributed by atoms with Crippen LogP contribution < -0.4 is 24.8 Å². The maximum Gasteiger partial charge on any atom is 0.337 e. The van der Waals surface area contributed by atoms with E-state index in [1.54, 1.807) is 44.6 Å². The van der Waals surface area contributed by atoms with Gasteiger partial charge in [-0.15, -0.1) is 0 Å². The summed E-state index contributed by atoms with van der Waals surface area (Å²) in [6.45, 7) is 1.64. The SMILES string of the molecule is C/C=C/C=C/C(=O)NCC(=O)N[C@H]1CCc2cc(OC)c(OC)c(OC)c2-c2ccc(C(=O)OC)cc21. The Hall–Kier alpha value is -4.27. The van der Waals surface area contributed by atoms with Crippen molar-refractivity contribution < 1.29 is 33.3 Å². The molecule has 0 heterocycles. The van der Waals surface area contributed by atoms with Crippen LogP contribution >= 0.6 is 0 Å². The molecule has 0 spiro atoms. The minimum Gasteiger partial charge on any atom is -0.493 e. The standard InChI is InChI=1S/C28H32N2O7/c1-6-7-8-9-23(31)29-16-24(32)30-21-13-11-17-15-22(34-2)26(35-3)27(36-4)25(17)19-12-10-18(14-20(19)21)28(33)37-5/h6-10,12,14-15,21H,11,13,16H2,1-5H3,(H,29,31)(H,30,32)/b7-6+,9-8+/t21-/m0/s1. The fourth-order valence-electron chi connectivity index (χ4n) is 4.35. The molecule has 9 heteroatoms. The minimum absolute atomic E-state index is 0.195. The van der Waals surface area contributed by atoms with Crippen LogP contribution in [0.1, 0.15) is 40.9 Å². The van der Waals surface area contributed by atoms with Crippen LogP contribution in [0.15, 0.2) is 48.6 Å². The molecule has 0 aromatic heterocycles. The summed E-state index contributed by atoms with van der Waals surface area (Å²) in [7, 11) is 5.96. The van der Waals surface area contributed by atoms with E-state index in [4.69, 9.17) is 18.9 Å². The highest BCUT2D eigenvalue weighted by molar-refractivity contribution is 5.93. The number of esters is 1. The van der Waals surface area contributed by atoms with Crippen molar-refractivity contribution in [2.75, 3.05) is 35.0 Å². The monoisotopic (exact) mass is 508 g/mol. The van der Waals surface area contributed by atoms with E-state index in [0.29, 0.717) is 35.7 Å². The van der Waals surface area contributed by atoms with Gasteiger partial charge in [-0.05, 0) is 54.7 Å². The Morgan fingerprint density at radius 1 is 1.00 bits per heavy atom. The van der Waals surface area contributed by atoms with Crippen LogP contribution in [-0.2, 0) is 20.7 Å². The van der Waals surface area contributed by atoms with Gasteiger partial charge in [0, 0.05) is 11.6 Å². The van der Waals surface area contributed by atoms with Gasteiger partial charge in [-0.3, -0.25) is 9.59 Å². The molecule has 2 aromatic rings. The number of ether oxygens (including phenoxy) is 4. The lowest BCUT2D eigenvalue weighted by molar-refractivity contribution is -0.124. The molecule has 0 bridgehead atoms. The van der Waals surface area contributed by atoms with Crippen molar-refractivity contribution >= 4 is 17.8 Å². The van der Waals surface area contributed by atoms with E-state index in [1.807, 2.05) is 19.1 Å². The van der Waals surface area contributed by atoms with E-state index >= 15 is 0 Å². The van der Waals surface area contributed by atoms with Crippen LogP contribution in [-0.4, -0.2) is 52.8 Å². The van der Waals surface area contributed by atoms with Crippen LogP contribution in [0.5, 0.6) is 17.2 Å². The highest BCUT2D eigenvalue weighted by Gasteiger charge is 2.30. The van der Waals surface area contributed by atoms with Crippen molar-refractivity contribution in [1.29, 1.82) is 0 Å². The van der Waals surface area contributed by atoms with E-state index in [-0.39, 0.29) is 18.4 Å². The third-order valence-corrected chi connectivity index (χ3v) is 6.04. The zero-order valence-corrected chi connectivity index (χ0v) is 21.7. The van der Waals surface area contributed by atoms with Gasteiger partial charge in [-0.2, -0.15) is 0 Å². The van der Waals surface area contributed by atoms with E-state index in [1.165, 1.54) is 20.3 Å². The van der Waals surface area contributed by atoms with E-state index in [2.05, 4.69) is 10.6 Å². The number of carbonyl (C=O) groups excluding carboxylic acids is 3. The second kappa shape index (κ2) is 12.6. The van der Waals surface area contributed by atoms with Crippen LogP contribution in [0.25, 0.3) is 11.1 Å². The van der Waals surface area contributed by atoms with Crippen molar-refractivity contribution in [3.8, 4) is 28.4 Å². The maximum absolute atomic E-state index is 12.8. The van der Waals surface area contributed by atoms with E-state index in [9.17, 15) is 14.4 Å². The zero-order chi connectivity index (χ0) is 26.9. The molecule has 0 saturated carbocycles. The van der Waals surface area contributed by atoms with Crippen LogP contribution in [0.4, 0.5) is 0 Å². The minimum atomic E-state index is -0.489. The average Bonchev–Trinajstić information content (AvgIpc) is 3.06. The molecule has 196 valence electrons. The molecule has 0 fully saturated rings. The van der Waals surface area contributed by atoms with Crippen LogP contribution in [0.3, 0.4) is 0 Å². The number of carbonyl (C=O) groups is 3. The third-order valence-electron chi connectivity index (χ3n) is 6.04. The van der Waals surface area contributed by atoms with Crippen LogP contribution in [0.2, 0.25) is 0 Å². The quantitative estimate of drug-likeness (QED) is 0.303. The molecule has 2 N–H and O–H groups in total. The first-order chi connectivity index (χ1) is 17.9. The van der Waals surface area contributed by atoms with Gasteiger partial charge in [0.1, 0.15) is 0 Å². The summed E-state index contributed by atoms with van der Waals surface area (Å²) in [5.41, 5.74) is 3.60. The van der Waals surface area contributed by atoms with Gasteiger partial charge in [-0.25, -0.2) is 4.79 Å². The molecule has 1 atom stereocenters. The number of hydrogen-bond acceptors (Lipinski definition) is 7. The number of hydrogen-bond donors (Lipinski definition) is 2. The van der Waals surface area contributed by atoms with E-state index < -0.39 is 12.0 Å². The molecule has 0 unspecified atom stereocenters. The largest absolute Gasteiger partial charge is 0.493 e. The summed E-state index contributed by atoms with van der Waals surface area (Å²) < 4.78 is 21.8. The number of nitrogens with one attached hydrogen (secondary N) is 2. The lowest BCUT2D eigenvalue weighted by Gasteiger charge is -2.22. The van der Waals surface area contributed by atoms with Crippen molar-refractivity contribution in [3.63, 3.8) is 0 Å². The summed E-state index contributed by atoms with van der Waals surface area (Å²) in [6, 6.07) is 6.65. The fourth-order valence-corrected chi connectivity index (χ4v) is 4.35. The molecule has 2 aromatic carbocycles. The highest BCUT2D eigenvalue weighted by Crippen LogP contribution is 2.50. The first kappa shape index (κ1) is 27.3. The van der Waals surface area contributed by atoms with Gasteiger partial charge in [0.15, 0.2) is 11.5 Å². The molecule has 0 saturated heterocycles. The number of methoxy groups -OCH3 is 4. The van der Waals surface area contributed by atoms with Gasteiger partial charge in [-0.1, -0.05) is 24.3 Å². The molecule has 0 radical (unpaired) electrons. The number of fused-ring (bicyclic) bond motifs is 3. The van der Waals surface area contributed by atoms with Crippen LogP contribution in [0, 0.1) is 0 Å². The Labute approximate surface area is 216 Å². The van der Waals surface area contributed by atoms with Crippen molar-refractivity contribution in [2.45, 2.75) is 25.8 Å². The number of benzene rings is 2. The topological polar surface area (TPSA) is 112 Å². The predicted molar refractivity (Wildman–Crippen MR) is 139 cm³/mol. The molecule has 1 aliphatic carbocycles. The lowest BCUT2D eigenvalue weighted by Crippen LogP contribution is -2.38. The first-order valence-corrected chi connectivity index (χ1v) is 11.8. The van der Waals surface area contributed by atoms with Gasteiger partial charge >= 0.3 is 5.97 Å².